The Bertz CT molecular complexity index is 479. The maximum Gasteiger partial charge on any atom is 0.410 e. The van der Waals surface area contributed by atoms with Crippen LogP contribution in [0.1, 0.15) is 32.8 Å². The normalized spacial score (nSPS) is 19.1. The van der Waals surface area contributed by atoms with Crippen molar-refractivity contribution >= 4 is 6.09 Å². The highest BCUT2D eigenvalue weighted by Crippen LogP contribution is 2.26. The van der Waals surface area contributed by atoms with Crippen molar-refractivity contribution < 1.29 is 14.6 Å². The van der Waals surface area contributed by atoms with Crippen molar-refractivity contribution in [1.82, 2.24) is 4.90 Å². The minimum atomic E-state index is -0.452. The minimum absolute atomic E-state index is 0.239. The third-order valence-electron chi connectivity index (χ3n) is 3.44. The Labute approximate surface area is 120 Å². The first-order valence-corrected chi connectivity index (χ1v) is 7.10. The highest BCUT2D eigenvalue weighted by atomic mass is 16.6. The van der Waals surface area contributed by atoms with Crippen LogP contribution in [0.15, 0.2) is 24.3 Å². The second-order valence-corrected chi connectivity index (χ2v) is 6.41. The lowest BCUT2D eigenvalue weighted by Crippen LogP contribution is -2.35. The summed E-state index contributed by atoms with van der Waals surface area (Å²) in [5.74, 6) is 0.721. The van der Waals surface area contributed by atoms with Crippen molar-refractivity contribution in [2.75, 3.05) is 13.1 Å². The minimum Gasteiger partial charge on any atom is -0.508 e. The molecule has 1 N–H and O–H groups in total. The summed E-state index contributed by atoms with van der Waals surface area (Å²) in [5.41, 5.74) is 0.496. The Hall–Kier alpha value is -1.71. The van der Waals surface area contributed by atoms with Gasteiger partial charge in [-0.3, -0.25) is 0 Å². The van der Waals surface area contributed by atoms with E-state index in [2.05, 4.69) is 0 Å². The number of nitrogens with zero attached hydrogens (tertiary/aromatic N) is 1. The van der Waals surface area contributed by atoms with E-state index in [1.165, 1.54) is 0 Å². The molecular formula is C16H23NO3. The first kappa shape index (κ1) is 14.7. The predicted molar refractivity (Wildman–Crippen MR) is 77.7 cm³/mol. The SMILES string of the molecule is CC(C)(C)OC(=O)N1CCC(Cc2ccccc2O)C1. The zero-order valence-corrected chi connectivity index (χ0v) is 12.4. The van der Waals surface area contributed by atoms with Gasteiger partial charge in [0.2, 0.25) is 0 Å². The number of hydrogen-bond acceptors (Lipinski definition) is 3. The van der Waals surface area contributed by atoms with Crippen molar-refractivity contribution in [1.29, 1.82) is 0 Å². The number of carbonyl (C=O) groups is 1. The van der Waals surface area contributed by atoms with Crippen molar-refractivity contribution in [3.63, 3.8) is 0 Å². The van der Waals surface area contributed by atoms with Crippen LogP contribution in [0.25, 0.3) is 0 Å². The number of benzene rings is 1. The molecule has 0 aliphatic carbocycles. The first-order valence-electron chi connectivity index (χ1n) is 7.10. The van der Waals surface area contributed by atoms with E-state index in [0.717, 1.165) is 24.9 Å². The Morgan fingerprint density at radius 2 is 2.10 bits per heavy atom. The quantitative estimate of drug-likeness (QED) is 0.903. The van der Waals surface area contributed by atoms with E-state index in [-0.39, 0.29) is 6.09 Å². The number of hydrogen-bond donors (Lipinski definition) is 1. The van der Waals surface area contributed by atoms with Gasteiger partial charge in [-0.2, -0.15) is 0 Å². The van der Waals surface area contributed by atoms with E-state index < -0.39 is 5.60 Å². The molecule has 110 valence electrons. The molecule has 1 unspecified atom stereocenters. The first-order chi connectivity index (χ1) is 9.35. The second kappa shape index (κ2) is 5.73. The molecule has 4 nitrogen and oxygen atoms in total. The highest BCUT2D eigenvalue weighted by Gasteiger charge is 2.30. The Kier molecular flexibility index (Phi) is 4.21. The van der Waals surface area contributed by atoms with Gasteiger partial charge in [-0.25, -0.2) is 4.79 Å². The number of carbonyl (C=O) groups excluding carboxylic acids is 1. The number of amides is 1. The summed E-state index contributed by atoms with van der Waals surface area (Å²) in [6.07, 6.45) is 1.51. The Morgan fingerprint density at radius 1 is 1.40 bits per heavy atom. The predicted octanol–water partition coefficient (Wildman–Crippen LogP) is 3.19. The molecule has 1 saturated heterocycles. The topological polar surface area (TPSA) is 49.8 Å². The van der Waals surface area contributed by atoms with Gasteiger partial charge in [0.15, 0.2) is 0 Å². The molecule has 20 heavy (non-hydrogen) atoms. The highest BCUT2D eigenvalue weighted by molar-refractivity contribution is 5.68. The molecule has 1 aliphatic rings. The van der Waals surface area contributed by atoms with Gasteiger partial charge in [0.05, 0.1) is 0 Å². The van der Waals surface area contributed by atoms with Gasteiger partial charge in [-0.1, -0.05) is 18.2 Å². The van der Waals surface area contributed by atoms with Gasteiger partial charge in [0, 0.05) is 13.1 Å². The molecule has 1 atom stereocenters. The maximum absolute atomic E-state index is 12.0. The van der Waals surface area contributed by atoms with E-state index in [4.69, 9.17) is 4.74 Å². The van der Waals surface area contributed by atoms with Crippen LogP contribution < -0.4 is 0 Å². The van der Waals surface area contributed by atoms with Crippen LogP contribution >= 0.6 is 0 Å². The number of likely N-dealkylation sites (tertiary alicyclic amines) is 1. The monoisotopic (exact) mass is 277 g/mol. The van der Waals surface area contributed by atoms with E-state index in [1.807, 2.05) is 39.0 Å². The van der Waals surface area contributed by atoms with Gasteiger partial charge < -0.3 is 14.7 Å². The number of aromatic hydroxyl groups is 1. The third kappa shape index (κ3) is 3.89. The Balaban J connectivity index is 1.90. The molecule has 0 spiro atoms. The fourth-order valence-electron chi connectivity index (χ4n) is 2.49. The van der Waals surface area contributed by atoms with Crippen LogP contribution in [-0.2, 0) is 11.2 Å². The van der Waals surface area contributed by atoms with Crippen molar-refractivity contribution in [3.8, 4) is 5.75 Å². The maximum atomic E-state index is 12.0. The molecule has 0 aromatic heterocycles. The average molecular weight is 277 g/mol. The zero-order valence-electron chi connectivity index (χ0n) is 12.4. The standard InChI is InChI=1S/C16H23NO3/c1-16(2,3)20-15(19)17-9-8-12(11-17)10-13-6-4-5-7-14(13)18/h4-7,12,18H,8-11H2,1-3H3. The molecule has 0 bridgehead atoms. The fraction of sp³-hybridized carbons (Fsp3) is 0.562. The van der Waals surface area contributed by atoms with E-state index >= 15 is 0 Å². The lowest BCUT2D eigenvalue weighted by atomic mass is 9.98. The summed E-state index contributed by atoms with van der Waals surface area (Å²) in [6.45, 7) is 7.05. The van der Waals surface area contributed by atoms with Gasteiger partial charge in [-0.05, 0) is 51.2 Å². The summed E-state index contributed by atoms with van der Waals surface area (Å²) in [4.78, 5) is 13.7. The lowest BCUT2D eigenvalue weighted by molar-refractivity contribution is 0.0288. The van der Waals surface area contributed by atoms with Gasteiger partial charge in [0.25, 0.3) is 0 Å². The lowest BCUT2D eigenvalue weighted by Gasteiger charge is -2.24. The van der Waals surface area contributed by atoms with Crippen LogP contribution in [0.2, 0.25) is 0 Å². The number of phenols is 1. The van der Waals surface area contributed by atoms with Crippen LogP contribution in [0.4, 0.5) is 4.79 Å². The fourth-order valence-corrected chi connectivity index (χ4v) is 2.49. The molecular weight excluding hydrogens is 254 g/mol. The van der Waals surface area contributed by atoms with E-state index in [1.54, 1.807) is 11.0 Å². The molecule has 1 amide bonds. The number of para-hydroxylation sites is 1. The van der Waals surface area contributed by atoms with E-state index in [0.29, 0.717) is 18.2 Å². The number of ether oxygens (including phenoxy) is 1. The van der Waals surface area contributed by atoms with E-state index in [9.17, 15) is 9.90 Å². The number of phenolic OH excluding ortho intramolecular Hbond substituents is 1. The van der Waals surface area contributed by atoms with Crippen LogP contribution in [0, 0.1) is 5.92 Å². The summed E-state index contributed by atoms with van der Waals surface area (Å²) in [6, 6.07) is 7.39. The molecule has 1 aromatic rings. The van der Waals surface area contributed by atoms with Crippen LogP contribution in [0.3, 0.4) is 0 Å². The van der Waals surface area contributed by atoms with Crippen molar-refractivity contribution in [3.05, 3.63) is 29.8 Å². The Morgan fingerprint density at radius 3 is 2.75 bits per heavy atom. The molecule has 4 heteroatoms. The van der Waals surface area contributed by atoms with Crippen molar-refractivity contribution in [2.45, 2.75) is 39.2 Å². The van der Waals surface area contributed by atoms with Gasteiger partial charge in [0.1, 0.15) is 11.4 Å². The third-order valence-corrected chi connectivity index (χ3v) is 3.44. The summed E-state index contributed by atoms with van der Waals surface area (Å²) < 4.78 is 5.38. The van der Waals surface area contributed by atoms with Crippen LogP contribution in [0.5, 0.6) is 5.75 Å². The molecule has 1 heterocycles. The van der Waals surface area contributed by atoms with Gasteiger partial charge in [-0.15, -0.1) is 0 Å². The molecule has 1 aromatic carbocycles. The molecule has 1 fully saturated rings. The van der Waals surface area contributed by atoms with Crippen molar-refractivity contribution in [2.24, 2.45) is 5.92 Å². The summed E-state index contributed by atoms with van der Waals surface area (Å²) in [5, 5.41) is 9.79. The smallest absolute Gasteiger partial charge is 0.410 e. The average Bonchev–Trinajstić information content (AvgIpc) is 2.79. The largest absolute Gasteiger partial charge is 0.508 e. The summed E-state index contributed by atoms with van der Waals surface area (Å²) in [7, 11) is 0. The number of rotatable bonds is 2. The van der Waals surface area contributed by atoms with Crippen LogP contribution in [-0.4, -0.2) is 34.8 Å². The summed E-state index contributed by atoms with van der Waals surface area (Å²) >= 11 is 0. The molecule has 2 rings (SSSR count). The molecule has 0 radical (unpaired) electrons. The second-order valence-electron chi connectivity index (χ2n) is 6.41. The van der Waals surface area contributed by atoms with Gasteiger partial charge >= 0.3 is 6.09 Å². The molecule has 0 saturated carbocycles. The molecule has 1 aliphatic heterocycles. The zero-order chi connectivity index (χ0) is 14.8.